The number of aromatic nitrogens is 1. The lowest BCUT2D eigenvalue weighted by Crippen LogP contribution is -2.29. The molecule has 7 heteroatoms. The number of aliphatic hydroxyl groups is 1. The van der Waals surface area contributed by atoms with Crippen LogP contribution in [0, 0.1) is 13.8 Å². The number of ketones is 1. The zero-order valence-corrected chi connectivity index (χ0v) is 22.8. The lowest BCUT2D eigenvalue weighted by atomic mass is 9.95. The highest BCUT2D eigenvalue weighted by atomic mass is 32.1. The van der Waals surface area contributed by atoms with Crippen molar-refractivity contribution < 1.29 is 19.4 Å². The minimum atomic E-state index is -0.887. The monoisotopic (exact) mass is 546 g/mol. The van der Waals surface area contributed by atoms with Gasteiger partial charge >= 0.3 is 5.91 Å². The summed E-state index contributed by atoms with van der Waals surface area (Å²) in [6.07, 6.45) is 0. The van der Waals surface area contributed by atoms with Crippen LogP contribution in [0.15, 0.2) is 103 Å². The van der Waals surface area contributed by atoms with Crippen molar-refractivity contribution in [3.8, 4) is 5.75 Å². The number of benzene rings is 4. The SMILES string of the molecule is Cc1cc(C)c2nc(N3C(=O)C(=O)C(=C(O)c4ccccc4)C3c3cccc(OCc4ccccc4)c3)sc2c1. The van der Waals surface area contributed by atoms with Crippen molar-refractivity contribution in [1.82, 2.24) is 4.98 Å². The van der Waals surface area contributed by atoms with Gasteiger partial charge in [-0.3, -0.25) is 14.5 Å². The maximum Gasteiger partial charge on any atom is 0.301 e. The average Bonchev–Trinajstić information content (AvgIpc) is 3.51. The van der Waals surface area contributed by atoms with E-state index in [0.29, 0.717) is 28.6 Å². The number of aliphatic hydroxyl groups excluding tert-OH is 1. The molecule has 1 saturated heterocycles. The summed E-state index contributed by atoms with van der Waals surface area (Å²) in [6.45, 7) is 4.36. The van der Waals surface area contributed by atoms with E-state index in [-0.39, 0.29) is 11.3 Å². The molecule has 1 aliphatic rings. The largest absolute Gasteiger partial charge is 0.507 e. The first-order valence-electron chi connectivity index (χ1n) is 12.9. The maximum absolute atomic E-state index is 13.6. The summed E-state index contributed by atoms with van der Waals surface area (Å²) < 4.78 is 6.99. The van der Waals surface area contributed by atoms with E-state index >= 15 is 0 Å². The summed E-state index contributed by atoms with van der Waals surface area (Å²) in [5.41, 5.74) is 4.99. The van der Waals surface area contributed by atoms with E-state index in [1.165, 1.54) is 16.2 Å². The minimum absolute atomic E-state index is 0.0172. The molecule has 2 heterocycles. The molecule has 1 aromatic heterocycles. The molecule has 0 aliphatic carbocycles. The molecule has 1 atom stereocenters. The summed E-state index contributed by atoms with van der Waals surface area (Å²) in [7, 11) is 0. The van der Waals surface area contributed by atoms with Crippen molar-refractivity contribution in [1.29, 1.82) is 0 Å². The number of ether oxygens (including phenoxy) is 1. The van der Waals surface area contributed by atoms with Gasteiger partial charge < -0.3 is 9.84 Å². The summed E-state index contributed by atoms with van der Waals surface area (Å²) in [4.78, 5) is 33.4. The smallest absolute Gasteiger partial charge is 0.301 e. The van der Waals surface area contributed by atoms with Crippen LogP contribution in [-0.4, -0.2) is 21.8 Å². The molecule has 1 aliphatic heterocycles. The Kier molecular flexibility index (Phi) is 6.66. The highest BCUT2D eigenvalue weighted by Crippen LogP contribution is 2.45. The first kappa shape index (κ1) is 25.5. The van der Waals surface area contributed by atoms with Crippen LogP contribution in [0.25, 0.3) is 16.0 Å². The number of hydrogen-bond donors (Lipinski definition) is 1. The van der Waals surface area contributed by atoms with Gasteiger partial charge in [0.2, 0.25) is 0 Å². The van der Waals surface area contributed by atoms with Gasteiger partial charge in [-0.1, -0.05) is 90.2 Å². The van der Waals surface area contributed by atoms with Gasteiger partial charge in [-0.2, -0.15) is 0 Å². The van der Waals surface area contributed by atoms with Crippen molar-refractivity contribution in [2.45, 2.75) is 26.5 Å². The van der Waals surface area contributed by atoms with Gasteiger partial charge in [0.15, 0.2) is 5.13 Å². The van der Waals surface area contributed by atoms with Crippen LogP contribution in [-0.2, 0) is 16.2 Å². The summed E-state index contributed by atoms with van der Waals surface area (Å²) in [5.74, 6) is -1.13. The van der Waals surface area contributed by atoms with Crippen LogP contribution in [0.3, 0.4) is 0 Å². The quantitative estimate of drug-likeness (QED) is 0.139. The first-order chi connectivity index (χ1) is 19.4. The van der Waals surface area contributed by atoms with Crippen molar-refractivity contribution in [3.63, 3.8) is 0 Å². The maximum atomic E-state index is 13.6. The number of rotatable bonds is 6. The molecule has 4 aromatic carbocycles. The molecule has 1 amide bonds. The number of carbonyl (C=O) groups excluding carboxylic acids is 2. The van der Waals surface area contributed by atoms with E-state index in [0.717, 1.165) is 26.9 Å². The van der Waals surface area contributed by atoms with Gasteiger partial charge in [0.1, 0.15) is 18.1 Å². The number of Topliss-reactive ketones (excluding diaryl/α,β-unsaturated/α-hetero) is 1. The van der Waals surface area contributed by atoms with E-state index in [1.54, 1.807) is 24.3 Å². The molecule has 0 spiro atoms. The topological polar surface area (TPSA) is 79.7 Å². The van der Waals surface area contributed by atoms with E-state index in [1.807, 2.05) is 86.6 Å². The number of nitrogens with zero attached hydrogens (tertiary/aromatic N) is 2. The Bertz CT molecular complexity index is 1780. The van der Waals surface area contributed by atoms with Gasteiger partial charge in [-0.25, -0.2) is 4.98 Å². The van der Waals surface area contributed by atoms with Gasteiger partial charge in [-0.15, -0.1) is 0 Å². The molecule has 6 nitrogen and oxygen atoms in total. The Morgan fingerprint density at radius 1 is 0.925 bits per heavy atom. The molecule has 0 saturated carbocycles. The predicted molar refractivity (Wildman–Crippen MR) is 158 cm³/mol. The third-order valence-corrected chi connectivity index (χ3v) is 7.94. The highest BCUT2D eigenvalue weighted by Gasteiger charge is 2.48. The second-order valence-electron chi connectivity index (χ2n) is 9.81. The summed E-state index contributed by atoms with van der Waals surface area (Å²) in [6, 6.07) is 29.1. The van der Waals surface area contributed by atoms with Crippen molar-refractivity contribution >= 4 is 44.1 Å². The average molecular weight is 547 g/mol. The fraction of sp³-hybridized carbons (Fsp3) is 0.121. The molecule has 1 fully saturated rings. The third-order valence-electron chi connectivity index (χ3n) is 6.94. The Balaban J connectivity index is 1.48. The summed E-state index contributed by atoms with van der Waals surface area (Å²) in [5, 5.41) is 11.8. The second kappa shape index (κ2) is 10.4. The fourth-order valence-corrected chi connectivity index (χ4v) is 6.24. The highest BCUT2D eigenvalue weighted by molar-refractivity contribution is 7.22. The first-order valence-corrected chi connectivity index (χ1v) is 13.7. The molecule has 6 rings (SSSR count). The van der Waals surface area contributed by atoms with Crippen LogP contribution in [0.2, 0.25) is 0 Å². The molecule has 198 valence electrons. The molecule has 0 bridgehead atoms. The number of thiazole rings is 1. The minimum Gasteiger partial charge on any atom is -0.507 e. The Hall–Kier alpha value is -4.75. The second-order valence-corrected chi connectivity index (χ2v) is 10.8. The fourth-order valence-electron chi connectivity index (χ4n) is 5.07. The normalized spacial score (nSPS) is 16.6. The zero-order valence-electron chi connectivity index (χ0n) is 22.0. The Morgan fingerprint density at radius 3 is 2.40 bits per heavy atom. The number of fused-ring (bicyclic) bond motifs is 1. The number of amides is 1. The molecular formula is C33H26N2O4S. The van der Waals surface area contributed by atoms with Gasteiger partial charge in [0.25, 0.3) is 5.78 Å². The van der Waals surface area contributed by atoms with Crippen LogP contribution in [0.4, 0.5) is 5.13 Å². The summed E-state index contributed by atoms with van der Waals surface area (Å²) >= 11 is 1.35. The molecular weight excluding hydrogens is 520 g/mol. The van der Waals surface area contributed by atoms with Gasteiger partial charge in [-0.05, 0) is 54.3 Å². The number of carbonyl (C=O) groups is 2. The number of aryl methyl sites for hydroxylation is 2. The lowest BCUT2D eigenvalue weighted by molar-refractivity contribution is -0.132. The molecule has 1 N–H and O–H groups in total. The van der Waals surface area contributed by atoms with Crippen LogP contribution in [0.5, 0.6) is 5.75 Å². The van der Waals surface area contributed by atoms with Crippen molar-refractivity contribution in [2.75, 3.05) is 4.90 Å². The Morgan fingerprint density at radius 2 is 1.65 bits per heavy atom. The van der Waals surface area contributed by atoms with E-state index in [2.05, 4.69) is 0 Å². The van der Waals surface area contributed by atoms with Crippen LogP contribution >= 0.6 is 11.3 Å². The van der Waals surface area contributed by atoms with Crippen LogP contribution in [0.1, 0.15) is 33.9 Å². The van der Waals surface area contributed by atoms with Crippen molar-refractivity contribution in [3.05, 3.63) is 130 Å². The molecule has 40 heavy (non-hydrogen) atoms. The zero-order chi connectivity index (χ0) is 27.8. The molecule has 5 aromatic rings. The van der Waals surface area contributed by atoms with E-state index in [4.69, 9.17) is 9.72 Å². The van der Waals surface area contributed by atoms with E-state index in [9.17, 15) is 14.7 Å². The molecule has 1 unspecified atom stereocenters. The van der Waals surface area contributed by atoms with E-state index < -0.39 is 17.7 Å². The molecule has 0 radical (unpaired) electrons. The third kappa shape index (κ3) is 4.65. The standard InChI is InChI=1S/C33H26N2O4S/c1-20-16-21(2)28-26(17-20)40-33(34-28)35-29(27(31(37)32(35)38)30(36)23-12-7-4-8-13-23)24-14-9-15-25(18-24)39-19-22-10-5-3-6-11-22/h3-18,29,36H,19H2,1-2H3. The van der Waals surface area contributed by atoms with Gasteiger partial charge in [0.05, 0.1) is 21.8 Å². The van der Waals surface area contributed by atoms with Crippen LogP contribution < -0.4 is 9.64 Å². The number of hydrogen-bond acceptors (Lipinski definition) is 6. The number of anilines is 1. The predicted octanol–water partition coefficient (Wildman–Crippen LogP) is 7.12. The Labute approximate surface area is 235 Å². The van der Waals surface area contributed by atoms with Gasteiger partial charge in [0, 0.05) is 5.56 Å². The van der Waals surface area contributed by atoms with Crippen molar-refractivity contribution in [2.24, 2.45) is 0 Å². The lowest BCUT2D eigenvalue weighted by Gasteiger charge is -2.23.